The first-order valence-corrected chi connectivity index (χ1v) is 6.96. The van der Waals surface area contributed by atoms with Crippen molar-refractivity contribution in [3.05, 3.63) is 52.7 Å². The van der Waals surface area contributed by atoms with Crippen LogP contribution in [0.15, 0.2) is 41.5 Å². The van der Waals surface area contributed by atoms with Crippen molar-refractivity contribution in [2.75, 3.05) is 0 Å². The Kier molecular flexibility index (Phi) is 4.57. The number of aromatic nitrogens is 2. The molecule has 0 radical (unpaired) electrons. The van der Waals surface area contributed by atoms with Crippen LogP contribution in [0.5, 0.6) is 0 Å². The third-order valence-corrected chi connectivity index (χ3v) is 3.47. The molecular formula is C15H16F3N3O3. The fourth-order valence-corrected chi connectivity index (χ4v) is 2.16. The number of hydrogen-bond donors (Lipinski definition) is 3. The summed E-state index contributed by atoms with van der Waals surface area (Å²) in [5.74, 6) is -0.797. The minimum absolute atomic E-state index is 0.0584. The summed E-state index contributed by atoms with van der Waals surface area (Å²) in [7, 11) is 0. The predicted molar refractivity (Wildman–Crippen MR) is 80.0 cm³/mol. The van der Waals surface area contributed by atoms with Gasteiger partial charge in [0.15, 0.2) is 6.10 Å². The van der Waals surface area contributed by atoms with Crippen LogP contribution < -0.4 is 11.0 Å². The second kappa shape index (κ2) is 6.16. The Labute approximate surface area is 134 Å². The first-order chi connectivity index (χ1) is 11.0. The Balaban J connectivity index is 2.25. The Morgan fingerprint density at radius 2 is 2.00 bits per heavy atom. The molecule has 3 N–H and O–H groups in total. The Morgan fingerprint density at radius 1 is 1.33 bits per heavy atom. The average Bonchev–Trinajstić information content (AvgIpc) is 2.91. The fraction of sp³-hybridized carbons (Fsp3) is 0.333. The van der Waals surface area contributed by atoms with Crippen LogP contribution in [0.1, 0.15) is 24.2 Å². The molecule has 1 aromatic heterocycles. The minimum atomic E-state index is -4.86. The molecule has 24 heavy (non-hydrogen) atoms. The van der Waals surface area contributed by atoms with Gasteiger partial charge in [-0.3, -0.25) is 9.36 Å². The average molecular weight is 343 g/mol. The third kappa shape index (κ3) is 3.67. The molecule has 0 spiro atoms. The molecule has 2 rings (SSSR count). The Morgan fingerprint density at radius 3 is 2.54 bits per heavy atom. The summed E-state index contributed by atoms with van der Waals surface area (Å²) in [6, 6.07) is 5.83. The van der Waals surface area contributed by atoms with Gasteiger partial charge in [0, 0.05) is 18.0 Å². The van der Waals surface area contributed by atoms with E-state index in [2.05, 4.69) is 10.3 Å². The van der Waals surface area contributed by atoms with Crippen LogP contribution in [0.2, 0.25) is 0 Å². The smallest absolute Gasteiger partial charge is 0.382 e. The molecule has 1 atom stereocenters. The normalized spacial score (nSPS) is 13.6. The molecule has 9 heteroatoms. The van der Waals surface area contributed by atoms with Crippen LogP contribution in [-0.4, -0.2) is 38.4 Å². The number of hydrogen-bond acceptors (Lipinski definition) is 3. The second-order valence-electron chi connectivity index (χ2n) is 5.81. The van der Waals surface area contributed by atoms with Gasteiger partial charge in [-0.2, -0.15) is 13.2 Å². The molecule has 0 saturated heterocycles. The number of aliphatic hydroxyl groups excluding tert-OH is 1. The SMILES string of the molecule is CC(C)(NC(=O)c1cccc(-n2cc[nH]c2=O)c1)C(O)C(F)(F)F. The number of amides is 1. The van der Waals surface area contributed by atoms with E-state index in [1.165, 1.54) is 35.2 Å². The maximum atomic E-state index is 12.6. The molecule has 0 aliphatic rings. The molecule has 1 unspecified atom stereocenters. The van der Waals surface area contributed by atoms with Crippen LogP contribution in [0.3, 0.4) is 0 Å². The summed E-state index contributed by atoms with van der Waals surface area (Å²) in [6.45, 7) is 2.15. The summed E-state index contributed by atoms with van der Waals surface area (Å²) in [4.78, 5) is 26.2. The summed E-state index contributed by atoms with van der Waals surface area (Å²) in [5.41, 5.74) is -1.90. The van der Waals surface area contributed by atoms with Crippen molar-refractivity contribution in [2.24, 2.45) is 0 Å². The zero-order valence-corrected chi connectivity index (χ0v) is 12.9. The van der Waals surface area contributed by atoms with Crippen LogP contribution in [0.25, 0.3) is 5.69 Å². The summed E-state index contributed by atoms with van der Waals surface area (Å²) >= 11 is 0. The number of H-pyrrole nitrogens is 1. The molecule has 0 aliphatic carbocycles. The van der Waals surface area contributed by atoms with Crippen LogP contribution in [-0.2, 0) is 0 Å². The number of aliphatic hydroxyl groups is 1. The highest BCUT2D eigenvalue weighted by Crippen LogP contribution is 2.28. The lowest BCUT2D eigenvalue weighted by atomic mass is 9.96. The van der Waals surface area contributed by atoms with E-state index in [-0.39, 0.29) is 5.56 Å². The van der Waals surface area contributed by atoms with Gasteiger partial charge >= 0.3 is 11.9 Å². The molecule has 1 aromatic carbocycles. The highest BCUT2D eigenvalue weighted by molar-refractivity contribution is 5.95. The zero-order valence-electron chi connectivity index (χ0n) is 12.9. The summed E-state index contributed by atoms with van der Waals surface area (Å²) < 4.78 is 39.2. The quantitative estimate of drug-likeness (QED) is 0.788. The van der Waals surface area contributed by atoms with Gasteiger partial charge < -0.3 is 15.4 Å². The van der Waals surface area contributed by atoms with E-state index in [9.17, 15) is 27.9 Å². The molecule has 6 nitrogen and oxygen atoms in total. The highest BCUT2D eigenvalue weighted by atomic mass is 19.4. The number of nitrogens with zero attached hydrogens (tertiary/aromatic N) is 1. The minimum Gasteiger partial charge on any atom is -0.382 e. The van der Waals surface area contributed by atoms with E-state index in [1.54, 1.807) is 6.07 Å². The van der Waals surface area contributed by atoms with Gasteiger partial charge in [0.25, 0.3) is 5.91 Å². The molecule has 1 heterocycles. The first-order valence-electron chi connectivity index (χ1n) is 6.96. The number of aromatic amines is 1. The zero-order chi connectivity index (χ0) is 18.1. The Hall–Kier alpha value is -2.55. The third-order valence-electron chi connectivity index (χ3n) is 3.47. The molecule has 0 fully saturated rings. The predicted octanol–water partition coefficient (Wildman–Crippen LogP) is 1.60. The largest absolute Gasteiger partial charge is 0.416 e. The van der Waals surface area contributed by atoms with Gasteiger partial charge in [-0.15, -0.1) is 0 Å². The van der Waals surface area contributed by atoms with Crippen LogP contribution in [0.4, 0.5) is 13.2 Å². The lowest BCUT2D eigenvalue weighted by molar-refractivity contribution is -0.222. The van der Waals surface area contributed by atoms with Gasteiger partial charge in [0.2, 0.25) is 0 Å². The molecule has 0 saturated carbocycles. The van der Waals surface area contributed by atoms with Crippen molar-refractivity contribution in [2.45, 2.75) is 31.7 Å². The lowest BCUT2D eigenvalue weighted by Crippen LogP contribution is -2.57. The number of halogens is 3. The molecule has 1 amide bonds. The fourth-order valence-electron chi connectivity index (χ4n) is 2.16. The van der Waals surface area contributed by atoms with Crippen molar-refractivity contribution in [1.82, 2.24) is 14.9 Å². The van der Waals surface area contributed by atoms with Gasteiger partial charge in [-0.05, 0) is 32.0 Å². The van der Waals surface area contributed by atoms with Gasteiger partial charge in [0.05, 0.1) is 11.2 Å². The maximum absolute atomic E-state index is 12.6. The standard InChI is InChI=1S/C15H16F3N3O3/c1-14(2,12(23)15(16,17)18)20-11(22)9-4-3-5-10(8-9)21-7-6-19-13(21)24/h3-8,12,23H,1-2H3,(H,19,24)(H,20,22). The summed E-state index contributed by atoms with van der Waals surface area (Å²) in [6.07, 6.45) is -4.71. The monoisotopic (exact) mass is 343 g/mol. The number of carbonyl (C=O) groups excluding carboxylic acids is 1. The Bertz CT molecular complexity index is 793. The second-order valence-corrected chi connectivity index (χ2v) is 5.81. The van der Waals surface area contributed by atoms with Crippen LogP contribution in [0, 0.1) is 0 Å². The molecule has 0 aliphatic heterocycles. The number of rotatable bonds is 4. The van der Waals surface area contributed by atoms with Crippen LogP contribution >= 0.6 is 0 Å². The van der Waals surface area contributed by atoms with Gasteiger partial charge in [-0.25, -0.2) is 4.79 Å². The van der Waals surface area contributed by atoms with Gasteiger partial charge in [-0.1, -0.05) is 6.07 Å². The van der Waals surface area contributed by atoms with E-state index in [0.29, 0.717) is 5.69 Å². The van der Waals surface area contributed by atoms with E-state index < -0.39 is 29.4 Å². The van der Waals surface area contributed by atoms with Crippen molar-refractivity contribution in [1.29, 1.82) is 0 Å². The van der Waals surface area contributed by atoms with E-state index >= 15 is 0 Å². The number of nitrogens with one attached hydrogen (secondary N) is 2. The lowest BCUT2D eigenvalue weighted by Gasteiger charge is -2.32. The molecule has 2 aromatic rings. The maximum Gasteiger partial charge on any atom is 0.416 e. The van der Waals surface area contributed by atoms with E-state index in [1.807, 2.05) is 0 Å². The number of alkyl halides is 3. The van der Waals surface area contributed by atoms with Crippen molar-refractivity contribution < 1.29 is 23.1 Å². The topological polar surface area (TPSA) is 87.1 Å². The van der Waals surface area contributed by atoms with Crippen molar-refractivity contribution in [3.63, 3.8) is 0 Å². The molecular weight excluding hydrogens is 327 g/mol. The molecule has 130 valence electrons. The van der Waals surface area contributed by atoms with Crippen molar-refractivity contribution >= 4 is 5.91 Å². The summed E-state index contributed by atoms with van der Waals surface area (Å²) in [5, 5.41) is 11.5. The number of benzene rings is 1. The number of carbonyl (C=O) groups is 1. The van der Waals surface area contributed by atoms with Gasteiger partial charge in [0.1, 0.15) is 0 Å². The highest BCUT2D eigenvalue weighted by Gasteiger charge is 2.48. The van der Waals surface area contributed by atoms with E-state index in [4.69, 9.17) is 0 Å². The van der Waals surface area contributed by atoms with Crippen molar-refractivity contribution in [3.8, 4) is 5.69 Å². The number of imidazole rings is 1. The van der Waals surface area contributed by atoms with E-state index in [0.717, 1.165) is 13.8 Å². The first kappa shape index (κ1) is 17.8. The molecule has 0 bridgehead atoms.